The fourth-order valence-corrected chi connectivity index (χ4v) is 3.21. The summed E-state index contributed by atoms with van der Waals surface area (Å²) in [4.78, 5) is 13.0. The van der Waals surface area contributed by atoms with Crippen LogP contribution in [0.1, 0.15) is 0 Å². The Kier molecular flexibility index (Phi) is 5.09. The van der Waals surface area contributed by atoms with E-state index >= 15 is 0 Å². The third-order valence-corrected chi connectivity index (χ3v) is 4.58. The Labute approximate surface area is 172 Å². The normalized spacial score (nSPS) is 10.8. The second-order valence-corrected chi connectivity index (χ2v) is 6.47. The first-order valence-electron chi connectivity index (χ1n) is 8.66. The average Bonchev–Trinajstić information content (AvgIpc) is 3.16. The Hall–Kier alpha value is -3.52. The monoisotopic (exact) mass is 411 g/mol. The van der Waals surface area contributed by atoms with Gasteiger partial charge in [-0.05, 0) is 24.3 Å². The molecule has 2 heterocycles. The van der Waals surface area contributed by atoms with Gasteiger partial charge in [0.05, 0.1) is 26.8 Å². The Morgan fingerprint density at radius 1 is 0.931 bits per heavy atom. The van der Waals surface area contributed by atoms with Crippen molar-refractivity contribution in [3.8, 4) is 23.2 Å². The summed E-state index contributed by atoms with van der Waals surface area (Å²) in [6.07, 6.45) is 3.34. The second kappa shape index (κ2) is 7.84. The summed E-state index contributed by atoms with van der Waals surface area (Å²) in [6.45, 7) is 0. The lowest BCUT2D eigenvalue weighted by Gasteiger charge is -2.14. The molecule has 0 aliphatic rings. The summed E-state index contributed by atoms with van der Waals surface area (Å²) in [5.41, 5.74) is 1.63. The molecule has 4 rings (SSSR count). The van der Waals surface area contributed by atoms with Gasteiger partial charge in [-0.15, -0.1) is 0 Å². The Balaban J connectivity index is 1.69. The van der Waals surface area contributed by atoms with Crippen molar-refractivity contribution < 1.29 is 14.2 Å². The molecule has 148 valence electrons. The van der Waals surface area contributed by atoms with Gasteiger partial charge >= 0.3 is 0 Å². The van der Waals surface area contributed by atoms with Gasteiger partial charge in [-0.1, -0.05) is 11.6 Å². The first-order chi connectivity index (χ1) is 14.1. The fourth-order valence-electron chi connectivity index (χ4n) is 3.03. The molecule has 9 heteroatoms. The van der Waals surface area contributed by atoms with Crippen molar-refractivity contribution >= 4 is 34.1 Å². The molecule has 0 atom stereocenters. The summed E-state index contributed by atoms with van der Waals surface area (Å²) < 4.78 is 18.0. The van der Waals surface area contributed by atoms with Crippen LogP contribution >= 0.6 is 11.6 Å². The molecule has 0 unspecified atom stereocenters. The van der Waals surface area contributed by atoms with Gasteiger partial charge in [0.15, 0.2) is 11.5 Å². The van der Waals surface area contributed by atoms with Crippen LogP contribution in [-0.4, -0.2) is 40.8 Å². The summed E-state index contributed by atoms with van der Waals surface area (Å²) in [5.74, 6) is 2.41. The highest BCUT2D eigenvalue weighted by Crippen LogP contribution is 2.40. The van der Waals surface area contributed by atoms with Gasteiger partial charge < -0.3 is 19.5 Å². The predicted octanol–water partition coefficient (Wildman–Crippen LogP) is 4.24. The zero-order valence-corrected chi connectivity index (χ0v) is 16.8. The number of hydrogen-bond donors (Lipinski definition) is 1. The number of benzene rings is 2. The fraction of sp³-hybridized carbons (Fsp3) is 0.150. The standard InChI is InChI=1S/C20H18ClN5O3/c1-27-16-9-14(10-17(28-2)18(16)29-3)24-19-22-11-23-20(25-19)26-7-6-12-8-13(21)4-5-15(12)26/h4-11H,1-3H3,(H,22,23,24,25). The zero-order valence-electron chi connectivity index (χ0n) is 16.0. The van der Waals surface area contributed by atoms with Gasteiger partial charge in [-0.3, -0.25) is 4.57 Å². The maximum Gasteiger partial charge on any atom is 0.238 e. The number of methoxy groups -OCH3 is 3. The maximum atomic E-state index is 6.07. The number of anilines is 2. The summed E-state index contributed by atoms with van der Waals surface area (Å²) >= 11 is 6.07. The lowest BCUT2D eigenvalue weighted by molar-refractivity contribution is 0.324. The van der Waals surface area contributed by atoms with Crippen molar-refractivity contribution in [1.82, 2.24) is 19.5 Å². The summed E-state index contributed by atoms with van der Waals surface area (Å²) in [6, 6.07) is 11.2. The van der Waals surface area contributed by atoms with Gasteiger partial charge in [0, 0.05) is 34.4 Å². The van der Waals surface area contributed by atoms with Crippen LogP contribution in [0.5, 0.6) is 17.2 Å². The third-order valence-electron chi connectivity index (χ3n) is 4.35. The van der Waals surface area contributed by atoms with Crippen LogP contribution in [0.25, 0.3) is 16.9 Å². The van der Waals surface area contributed by atoms with E-state index in [0.29, 0.717) is 39.9 Å². The Bertz CT molecular complexity index is 1150. The molecule has 2 aromatic carbocycles. The van der Waals surface area contributed by atoms with Gasteiger partial charge in [0.25, 0.3) is 0 Å². The van der Waals surface area contributed by atoms with Crippen LogP contribution in [0.15, 0.2) is 48.9 Å². The minimum absolute atomic E-state index is 0.375. The van der Waals surface area contributed by atoms with Crippen molar-refractivity contribution in [2.45, 2.75) is 0 Å². The van der Waals surface area contributed by atoms with Crippen molar-refractivity contribution in [2.24, 2.45) is 0 Å². The predicted molar refractivity (Wildman–Crippen MR) is 111 cm³/mol. The molecule has 0 aliphatic heterocycles. The number of rotatable bonds is 6. The molecule has 0 bridgehead atoms. The van der Waals surface area contributed by atoms with Crippen LogP contribution in [0.2, 0.25) is 5.02 Å². The number of aromatic nitrogens is 4. The molecule has 0 fully saturated rings. The maximum absolute atomic E-state index is 6.07. The quantitative estimate of drug-likeness (QED) is 0.508. The molecule has 0 saturated carbocycles. The van der Waals surface area contributed by atoms with Crippen LogP contribution in [-0.2, 0) is 0 Å². The highest BCUT2D eigenvalue weighted by atomic mass is 35.5. The molecule has 8 nitrogen and oxygen atoms in total. The van der Waals surface area contributed by atoms with Crippen molar-refractivity contribution in [3.05, 3.63) is 53.9 Å². The topological polar surface area (TPSA) is 83.3 Å². The van der Waals surface area contributed by atoms with E-state index in [0.717, 1.165) is 10.9 Å². The second-order valence-electron chi connectivity index (χ2n) is 6.04. The molecular weight excluding hydrogens is 394 g/mol. The van der Waals surface area contributed by atoms with Crippen LogP contribution < -0.4 is 19.5 Å². The van der Waals surface area contributed by atoms with E-state index < -0.39 is 0 Å². The van der Waals surface area contributed by atoms with E-state index in [-0.39, 0.29) is 0 Å². The molecule has 0 amide bonds. The minimum Gasteiger partial charge on any atom is -0.493 e. The van der Waals surface area contributed by atoms with Gasteiger partial charge in [-0.2, -0.15) is 4.98 Å². The van der Waals surface area contributed by atoms with E-state index in [9.17, 15) is 0 Å². The average molecular weight is 412 g/mol. The van der Waals surface area contributed by atoms with Gasteiger partial charge in [-0.25, -0.2) is 9.97 Å². The van der Waals surface area contributed by atoms with E-state index in [4.69, 9.17) is 25.8 Å². The van der Waals surface area contributed by atoms with E-state index in [1.54, 1.807) is 33.5 Å². The Morgan fingerprint density at radius 3 is 2.38 bits per heavy atom. The number of halogens is 1. The highest BCUT2D eigenvalue weighted by Gasteiger charge is 2.14. The number of nitrogens with one attached hydrogen (secondary N) is 1. The van der Waals surface area contributed by atoms with Gasteiger partial charge in [0.1, 0.15) is 6.33 Å². The van der Waals surface area contributed by atoms with Crippen LogP contribution in [0.4, 0.5) is 11.6 Å². The lowest BCUT2D eigenvalue weighted by atomic mass is 10.2. The highest BCUT2D eigenvalue weighted by molar-refractivity contribution is 6.31. The zero-order chi connectivity index (χ0) is 20.4. The molecule has 0 spiro atoms. The Morgan fingerprint density at radius 2 is 1.69 bits per heavy atom. The van der Waals surface area contributed by atoms with Crippen molar-refractivity contribution in [1.29, 1.82) is 0 Å². The third kappa shape index (κ3) is 3.62. The number of ether oxygens (including phenoxy) is 3. The molecule has 29 heavy (non-hydrogen) atoms. The summed E-state index contributed by atoms with van der Waals surface area (Å²) in [7, 11) is 4.68. The van der Waals surface area contributed by atoms with E-state index in [1.807, 2.05) is 35.0 Å². The molecular formula is C20H18ClN5O3. The molecule has 0 radical (unpaired) electrons. The largest absolute Gasteiger partial charge is 0.493 e. The van der Waals surface area contributed by atoms with Crippen molar-refractivity contribution in [2.75, 3.05) is 26.6 Å². The minimum atomic E-state index is 0.375. The molecule has 0 saturated heterocycles. The number of hydrogen-bond acceptors (Lipinski definition) is 7. The summed E-state index contributed by atoms with van der Waals surface area (Å²) in [5, 5.41) is 4.83. The molecule has 0 aliphatic carbocycles. The SMILES string of the molecule is COc1cc(Nc2ncnc(-n3ccc4cc(Cl)ccc43)n2)cc(OC)c1OC. The van der Waals surface area contributed by atoms with E-state index in [1.165, 1.54) is 6.33 Å². The van der Waals surface area contributed by atoms with Gasteiger partial charge in [0.2, 0.25) is 17.6 Å². The smallest absolute Gasteiger partial charge is 0.238 e. The first kappa shape index (κ1) is 18.8. The first-order valence-corrected chi connectivity index (χ1v) is 9.04. The van der Waals surface area contributed by atoms with Crippen LogP contribution in [0, 0.1) is 0 Å². The van der Waals surface area contributed by atoms with E-state index in [2.05, 4.69) is 20.3 Å². The number of fused-ring (bicyclic) bond motifs is 1. The van der Waals surface area contributed by atoms with Crippen LogP contribution in [0.3, 0.4) is 0 Å². The number of nitrogens with zero attached hydrogens (tertiary/aromatic N) is 4. The molecule has 1 N–H and O–H groups in total. The molecule has 2 aromatic heterocycles. The lowest BCUT2D eigenvalue weighted by Crippen LogP contribution is -2.05. The molecule has 4 aromatic rings. The van der Waals surface area contributed by atoms with Crippen molar-refractivity contribution in [3.63, 3.8) is 0 Å².